The average molecular weight is 264 g/mol. The highest BCUT2D eigenvalue weighted by Crippen LogP contribution is 2.49. The number of carbonyl (C=O) groups excluding carboxylic acids is 1. The summed E-state index contributed by atoms with van der Waals surface area (Å²) in [5.74, 6) is -0.489. The first-order valence-electron chi connectivity index (χ1n) is 6.85. The van der Waals surface area contributed by atoms with E-state index in [0.29, 0.717) is 12.0 Å². The monoisotopic (exact) mass is 264 g/mol. The highest BCUT2D eigenvalue weighted by atomic mass is 16.6. The molecule has 104 valence electrons. The zero-order valence-electron chi connectivity index (χ0n) is 11.4. The molecule has 4 nitrogen and oxygen atoms in total. The number of aliphatic hydroxyl groups is 1. The number of allylic oxidation sites excluding steroid dienone is 1. The lowest BCUT2D eigenvalue weighted by molar-refractivity contribution is -0.140. The quantitative estimate of drug-likeness (QED) is 0.313. The Bertz CT molecular complexity index is 467. The SMILES string of the molecule is C=C1C(=O)O[C@H]2C1C[C@H](O)/C(C)=C/CC[C@@]1(C)O[C@H]21. The van der Waals surface area contributed by atoms with Gasteiger partial charge in [-0.25, -0.2) is 4.79 Å². The minimum atomic E-state index is -0.540. The smallest absolute Gasteiger partial charge is 0.334 e. The van der Waals surface area contributed by atoms with Gasteiger partial charge < -0.3 is 14.6 Å². The van der Waals surface area contributed by atoms with E-state index in [9.17, 15) is 9.90 Å². The molecule has 2 heterocycles. The van der Waals surface area contributed by atoms with Crippen LogP contribution in [-0.2, 0) is 14.3 Å². The molecule has 0 aromatic rings. The Morgan fingerprint density at radius 1 is 1.53 bits per heavy atom. The Hall–Kier alpha value is -1.13. The van der Waals surface area contributed by atoms with Crippen LogP contribution in [0.4, 0.5) is 0 Å². The minimum Gasteiger partial charge on any atom is -0.455 e. The van der Waals surface area contributed by atoms with E-state index < -0.39 is 6.10 Å². The summed E-state index contributed by atoms with van der Waals surface area (Å²) < 4.78 is 11.2. The molecule has 1 aliphatic carbocycles. The van der Waals surface area contributed by atoms with Crippen molar-refractivity contribution in [3.63, 3.8) is 0 Å². The van der Waals surface area contributed by atoms with Crippen molar-refractivity contribution < 1.29 is 19.4 Å². The molecule has 0 aromatic carbocycles. The third kappa shape index (κ3) is 2.03. The molecule has 0 radical (unpaired) electrons. The Morgan fingerprint density at radius 3 is 3.00 bits per heavy atom. The van der Waals surface area contributed by atoms with Gasteiger partial charge in [0.25, 0.3) is 0 Å². The summed E-state index contributed by atoms with van der Waals surface area (Å²) in [5.41, 5.74) is 1.22. The van der Waals surface area contributed by atoms with Crippen LogP contribution in [0.3, 0.4) is 0 Å². The van der Waals surface area contributed by atoms with Gasteiger partial charge in [-0.1, -0.05) is 12.7 Å². The Kier molecular flexibility index (Phi) is 2.84. The van der Waals surface area contributed by atoms with Crippen LogP contribution in [0.5, 0.6) is 0 Å². The number of hydrogen-bond donors (Lipinski definition) is 1. The van der Waals surface area contributed by atoms with E-state index in [1.165, 1.54) is 0 Å². The molecular weight excluding hydrogens is 244 g/mol. The molecule has 2 fully saturated rings. The van der Waals surface area contributed by atoms with E-state index in [1.54, 1.807) is 0 Å². The first-order valence-corrected chi connectivity index (χ1v) is 6.85. The lowest BCUT2D eigenvalue weighted by Crippen LogP contribution is -2.31. The fraction of sp³-hybridized carbons (Fsp3) is 0.667. The van der Waals surface area contributed by atoms with Crippen LogP contribution in [0.2, 0.25) is 0 Å². The van der Waals surface area contributed by atoms with E-state index in [0.717, 1.165) is 18.4 Å². The number of hydrogen-bond acceptors (Lipinski definition) is 4. The van der Waals surface area contributed by atoms with Crippen LogP contribution >= 0.6 is 0 Å². The summed E-state index contributed by atoms with van der Waals surface area (Å²) in [6.45, 7) is 7.81. The zero-order valence-corrected chi connectivity index (χ0v) is 11.4. The third-order valence-corrected chi connectivity index (χ3v) is 4.70. The first kappa shape index (κ1) is 12.9. The highest BCUT2D eigenvalue weighted by molar-refractivity contribution is 5.91. The van der Waals surface area contributed by atoms with Gasteiger partial charge in [-0.05, 0) is 38.7 Å². The lowest BCUT2D eigenvalue weighted by Gasteiger charge is -2.22. The van der Waals surface area contributed by atoms with E-state index in [-0.39, 0.29) is 29.7 Å². The fourth-order valence-corrected chi connectivity index (χ4v) is 3.20. The van der Waals surface area contributed by atoms with Gasteiger partial charge in [0.2, 0.25) is 0 Å². The second kappa shape index (κ2) is 4.18. The summed E-state index contributed by atoms with van der Waals surface area (Å²) in [6.07, 6.45) is 3.42. The molecule has 0 saturated carbocycles. The second-order valence-corrected chi connectivity index (χ2v) is 6.09. The molecule has 2 saturated heterocycles. The van der Waals surface area contributed by atoms with Gasteiger partial charge in [0, 0.05) is 11.5 Å². The number of epoxide rings is 1. The number of ether oxygens (including phenoxy) is 2. The van der Waals surface area contributed by atoms with Crippen molar-refractivity contribution in [1.29, 1.82) is 0 Å². The van der Waals surface area contributed by atoms with Gasteiger partial charge in [0.15, 0.2) is 0 Å². The van der Waals surface area contributed by atoms with Crippen molar-refractivity contribution in [3.05, 3.63) is 23.8 Å². The van der Waals surface area contributed by atoms with Gasteiger partial charge in [-0.3, -0.25) is 0 Å². The lowest BCUT2D eigenvalue weighted by atomic mass is 9.83. The maximum absolute atomic E-state index is 11.7. The van der Waals surface area contributed by atoms with Gasteiger partial charge in [0.05, 0.1) is 11.7 Å². The molecule has 0 aromatic heterocycles. The number of rotatable bonds is 0. The summed E-state index contributed by atoms with van der Waals surface area (Å²) in [6, 6.07) is 0. The molecule has 3 aliphatic rings. The van der Waals surface area contributed by atoms with Crippen LogP contribution in [-0.4, -0.2) is 35.0 Å². The first-order chi connectivity index (χ1) is 8.92. The molecule has 0 bridgehead atoms. The molecule has 19 heavy (non-hydrogen) atoms. The number of esters is 1. The van der Waals surface area contributed by atoms with Crippen LogP contribution in [0.25, 0.3) is 0 Å². The summed E-state index contributed by atoms with van der Waals surface area (Å²) >= 11 is 0. The maximum Gasteiger partial charge on any atom is 0.334 e. The minimum absolute atomic E-state index is 0.0558. The van der Waals surface area contributed by atoms with Crippen molar-refractivity contribution in [2.45, 2.75) is 57.0 Å². The molecule has 0 amide bonds. The molecular formula is C15H20O4. The van der Waals surface area contributed by atoms with Crippen molar-refractivity contribution in [3.8, 4) is 0 Å². The molecule has 2 aliphatic heterocycles. The molecule has 5 atom stereocenters. The fourth-order valence-electron chi connectivity index (χ4n) is 3.20. The topological polar surface area (TPSA) is 59.1 Å². The molecule has 4 heteroatoms. The van der Waals surface area contributed by atoms with Crippen LogP contribution in [0.15, 0.2) is 23.8 Å². The Labute approximate surface area is 113 Å². The summed E-state index contributed by atoms with van der Waals surface area (Å²) in [7, 11) is 0. The molecule has 1 unspecified atom stereocenters. The van der Waals surface area contributed by atoms with Crippen molar-refractivity contribution >= 4 is 5.97 Å². The van der Waals surface area contributed by atoms with Crippen LogP contribution in [0, 0.1) is 5.92 Å². The van der Waals surface area contributed by atoms with Gasteiger partial charge in [-0.15, -0.1) is 0 Å². The Balaban J connectivity index is 1.91. The third-order valence-electron chi connectivity index (χ3n) is 4.70. The Morgan fingerprint density at radius 2 is 2.26 bits per heavy atom. The van der Waals surface area contributed by atoms with Crippen molar-refractivity contribution in [2.24, 2.45) is 5.92 Å². The number of fused-ring (bicyclic) bond motifs is 3. The largest absolute Gasteiger partial charge is 0.455 e. The normalized spacial score (nSPS) is 48.7. The summed E-state index contributed by atoms with van der Waals surface area (Å²) in [5, 5.41) is 10.2. The van der Waals surface area contributed by atoms with E-state index in [2.05, 4.69) is 19.6 Å². The molecule has 1 N–H and O–H groups in total. The van der Waals surface area contributed by atoms with E-state index >= 15 is 0 Å². The van der Waals surface area contributed by atoms with E-state index in [4.69, 9.17) is 9.47 Å². The van der Waals surface area contributed by atoms with E-state index in [1.807, 2.05) is 6.92 Å². The van der Waals surface area contributed by atoms with Gasteiger partial charge >= 0.3 is 5.97 Å². The zero-order chi connectivity index (χ0) is 13.8. The molecule has 0 spiro atoms. The van der Waals surface area contributed by atoms with Crippen LogP contribution in [0.1, 0.15) is 33.1 Å². The van der Waals surface area contributed by atoms with Gasteiger partial charge in [0.1, 0.15) is 12.2 Å². The predicted molar refractivity (Wildman–Crippen MR) is 69.4 cm³/mol. The summed E-state index contributed by atoms with van der Waals surface area (Å²) in [4.78, 5) is 11.7. The maximum atomic E-state index is 11.7. The predicted octanol–water partition coefficient (Wildman–Crippen LogP) is 1.73. The van der Waals surface area contributed by atoms with Gasteiger partial charge in [-0.2, -0.15) is 0 Å². The number of carbonyl (C=O) groups is 1. The highest BCUT2D eigenvalue weighted by Gasteiger charge is 2.61. The van der Waals surface area contributed by atoms with Crippen molar-refractivity contribution in [2.75, 3.05) is 0 Å². The average Bonchev–Trinajstić information content (AvgIpc) is 2.95. The standard InChI is InChI=1S/C15H20O4/c1-8-5-4-6-15(3)13(19-15)12-10(7-11(8)16)9(2)14(17)18-12/h5,10-13,16H,2,4,6-7H2,1,3H3/b8-5+/t10?,11-,12-,13+,15+/m0/s1. The second-order valence-electron chi connectivity index (χ2n) is 6.09. The van der Waals surface area contributed by atoms with Crippen molar-refractivity contribution in [1.82, 2.24) is 0 Å². The molecule has 3 rings (SSSR count). The number of aliphatic hydroxyl groups excluding tert-OH is 1. The van der Waals surface area contributed by atoms with Crippen LogP contribution < -0.4 is 0 Å².